The summed E-state index contributed by atoms with van der Waals surface area (Å²) in [5.74, 6) is 0. The predicted octanol–water partition coefficient (Wildman–Crippen LogP) is 1.06. The van der Waals surface area contributed by atoms with Crippen LogP contribution in [0.2, 0.25) is 0 Å². The molecule has 2 bridgehead atoms. The lowest BCUT2D eigenvalue weighted by Crippen LogP contribution is -2.48. The van der Waals surface area contributed by atoms with Gasteiger partial charge in [-0.05, 0) is 25.7 Å². The first-order chi connectivity index (χ1) is 6.20. The molecule has 3 atom stereocenters. The van der Waals surface area contributed by atoms with Crippen molar-refractivity contribution in [2.75, 3.05) is 6.61 Å². The van der Waals surface area contributed by atoms with E-state index in [1.54, 1.807) is 4.90 Å². The van der Waals surface area contributed by atoms with Crippen LogP contribution in [0.3, 0.4) is 0 Å². The van der Waals surface area contributed by atoms with Crippen molar-refractivity contribution in [3.63, 3.8) is 0 Å². The number of piperidine rings is 1. The lowest BCUT2D eigenvalue weighted by Gasteiger charge is -2.35. The molecule has 3 saturated heterocycles. The molecule has 4 heteroatoms. The molecule has 0 aromatic heterocycles. The van der Waals surface area contributed by atoms with Gasteiger partial charge in [0.15, 0.2) is 0 Å². The van der Waals surface area contributed by atoms with E-state index in [1.165, 1.54) is 0 Å². The lowest BCUT2D eigenvalue weighted by molar-refractivity contribution is 0.0719. The summed E-state index contributed by atoms with van der Waals surface area (Å²) in [5, 5.41) is 8.99. The second kappa shape index (κ2) is 2.18. The number of ether oxygens (including phenoxy) is 1. The zero-order chi connectivity index (χ0) is 9.05. The molecule has 1 amide bonds. The van der Waals surface area contributed by atoms with Crippen molar-refractivity contribution in [1.82, 2.24) is 4.90 Å². The van der Waals surface area contributed by atoms with E-state index < -0.39 is 6.09 Å². The summed E-state index contributed by atoms with van der Waals surface area (Å²) >= 11 is 0. The van der Waals surface area contributed by atoms with E-state index in [1.807, 2.05) is 0 Å². The fourth-order valence-corrected chi connectivity index (χ4v) is 2.95. The summed E-state index contributed by atoms with van der Waals surface area (Å²) in [5.41, 5.74) is 0.0950. The monoisotopic (exact) mass is 183 g/mol. The number of hydrogen-bond acceptors (Lipinski definition) is 2. The third-order valence-electron chi connectivity index (χ3n) is 3.61. The van der Waals surface area contributed by atoms with E-state index in [0.717, 1.165) is 32.3 Å². The van der Waals surface area contributed by atoms with Crippen molar-refractivity contribution in [3.05, 3.63) is 0 Å². The summed E-state index contributed by atoms with van der Waals surface area (Å²) in [6.45, 7) is 0.855. The highest BCUT2D eigenvalue weighted by molar-refractivity contribution is 5.66. The summed E-state index contributed by atoms with van der Waals surface area (Å²) in [6.07, 6.45) is 3.17. The molecule has 1 unspecified atom stereocenters. The third kappa shape index (κ3) is 0.981. The maximum absolute atomic E-state index is 10.9. The van der Waals surface area contributed by atoms with Crippen molar-refractivity contribution in [2.24, 2.45) is 0 Å². The number of carboxylic acid groups (broad SMARTS) is 1. The van der Waals surface area contributed by atoms with Gasteiger partial charge in [-0.25, -0.2) is 4.79 Å². The molecule has 0 radical (unpaired) electrons. The van der Waals surface area contributed by atoms with Gasteiger partial charge < -0.3 is 14.7 Å². The van der Waals surface area contributed by atoms with Gasteiger partial charge in [0, 0.05) is 12.1 Å². The van der Waals surface area contributed by atoms with E-state index in [9.17, 15) is 4.79 Å². The van der Waals surface area contributed by atoms with Crippen LogP contribution in [0.4, 0.5) is 4.79 Å². The Hall–Kier alpha value is -0.770. The number of fused-ring (bicyclic) bond motifs is 2. The SMILES string of the molecule is O=C(O)N1[C@@H]2CC[C@H]1CC1(CO1)C2. The topological polar surface area (TPSA) is 53.1 Å². The van der Waals surface area contributed by atoms with Crippen LogP contribution in [0, 0.1) is 0 Å². The Labute approximate surface area is 76.5 Å². The van der Waals surface area contributed by atoms with Gasteiger partial charge in [-0.15, -0.1) is 0 Å². The molecule has 0 saturated carbocycles. The van der Waals surface area contributed by atoms with Crippen LogP contribution in [0.5, 0.6) is 0 Å². The van der Waals surface area contributed by atoms with Crippen molar-refractivity contribution in [2.45, 2.75) is 43.4 Å². The van der Waals surface area contributed by atoms with Crippen LogP contribution in [-0.4, -0.2) is 40.4 Å². The van der Waals surface area contributed by atoms with Crippen LogP contribution in [0.15, 0.2) is 0 Å². The number of carbonyl (C=O) groups is 1. The minimum atomic E-state index is -0.747. The number of hydrogen-bond donors (Lipinski definition) is 1. The number of nitrogens with zero attached hydrogens (tertiary/aromatic N) is 1. The van der Waals surface area contributed by atoms with Gasteiger partial charge in [-0.1, -0.05) is 0 Å². The number of epoxide rings is 1. The Balaban J connectivity index is 1.85. The maximum Gasteiger partial charge on any atom is 0.407 e. The molecule has 3 aliphatic heterocycles. The molecular weight excluding hydrogens is 170 g/mol. The van der Waals surface area contributed by atoms with E-state index in [2.05, 4.69) is 0 Å². The quantitative estimate of drug-likeness (QED) is 0.571. The summed E-state index contributed by atoms with van der Waals surface area (Å²) in [7, 11) is 0. The molecule has 0 aliphatic carbocycles. The van der Waals surface area contributed by atoms with Gasteiger partial charge in [0.1, 0.15) is 0 Å². The second-order valence-electron chi connectivity index (χ2n) is 4.45. The largest absolute Gasteiger partial charge is 0.465 e. The molecule has 72 valence electrons. The molecule has 3 rings (SSSR count). The summed E-state index contributed by atoms with van der Waals surface area (Å²) < 4.78 is 5.43. The van der Waals surface area contributed by atoms with Crippen molar-refractivity contribution >= 4 is 6.09 Å². The van der Waals surface area contributed by atoms with Crippen LogP contribution >= 0.6 is 0 Å². The van der Waals surface area contributed by atoms with Gasteiger partial charge in [0.25, 0.3) is 0 Å². The van der Waals surface area contributed by atoms with Crippen molar-refractivity contribution in [3.8, 4) is 0 Å². The van der Waals surface area contributed by atoms with E-state index >= 15 is 0 Å². The molecule has 3 fully saturated rings. The highest BCUT2D eigenvalue weighted by atomic mass is 16.6. The van der Waals surface area contributed by atoms with Gasteiger partial charge >= 0.3 is 6.09 Å². The fraction of sp³-hybridized carbons (Fsp3) is 0.889. The normalized spacial score (nSPS) is 46.9. The average Bonchev–Trinajstić information content (AvgIpc) is 2.73. The Morgan fingerprint density at radius 3 is 2.31 bits per heavy atom. The van der Waals surface area contributed by atoms with Crippen molar-refractivity contribution < 1.29 is 14.6 Å². The van der Waals surface area contributed by atoms with Crippen LogP contribution in [0.1, 0.15) is 25.7 Å². The molecule has 3 aliphatic rings. The second-order valence-corrected chi connectivity index (χ2v) is 4.45. The van der Waals surface area contributed by atoms with Gasteiger partial charge in [0.05, 0.1) is 12.2 Å². The first kappa shape index (κ1) is 7.62. The highest BCUT2D eigenvalue weighted by Gasteiger charge is 2.57. The number of amides is 1. The number of rotatable bonds is 0. The average molecular weight is 183 g/mol. The van der Waals surface area contributed by atoms with Gasteiger partial charge in [0.2, 0.25) is 0 Å². The first-order valence-corrected chi connectivity index (χ1v) is 4.85. The predicted molar refractivity (Wildman–Crippen MR) is 44.6 cm³/mol. The van der Waals surface area contributed by atoms with E-state index in [4.69, 9.17) is 9.84 Å². The van der Waals surface area contributed by atoms with Crippen LogP contribution < -0.4 is 0 Å². The van der Waals surface area contributed by atoms with Crippen molar-refractivity contribution in [1.29, 1.82) is 0 Å². The molecule has 0 aromatic carbocycles. The van der Waals surface area contributed by atoms with Crippen LogP contribution in [0.25, 0.3) is 0 Å². The summed E-state index contributed by atoms with van der Waals surface area (Å²) in [4.78, 5) is 12.6. The minimum Gasteiger partial charge on any atom is -0.465 e. The Morgan fingerprint density at radius 2 is 1.92 bits per heavy atom. The smallest absolute Gasteiger partial charge is 0.407 e. The molecule has 1 N–H and O–H groups in total. The Morgan fingerprint density at radius 1 is 1.38 bits per heavy atom. The summed E-state index contributed by atoms with van der Waals surface area (Å²) in [6, 6.07) is 0.470. The lowest BCUT2D eigenvalue weighted by atomic mass is 9.91. The maximum atomic E-state index is 10.9. The van der Waals surface area contributed by atoms with Gasteiger partial charge in [-0.2, -0.15) is 0 Å². The molecule has 3 heterocycles. The Bertz CT molecular complexity index is 246. The minimum absolute atomic E-state index is 0.0950. The highest BCUT2D eigenvalue weighted by Crippen LogP contribution is 2.48. The zero-order valence-corrected chi connectivity index (χ0v) is 7.40. The third-order valence-corrected chi connectivity index (χ3v) is 3.61. The molecular formula is C9H13NO3. The molecule has 1 spiro atoms. The first-order valence-electron chi connectivity index (χ1n) is 4.85. The van der Waals surface area contributed by atoms with E-state index in [0.29, 0.717) is 0 Å². The van der Waals surface area contributed by atoms with Crippen LogP contribution in [-0.2, 0) is 4.74 Å². The molecule has 0 aromatic rings. The fourth-order valence-electron chi connectivity index (χ4n) is 2.95. The van der Waals surface area contributed by atoms with E-state index in [-0.39, 0.29) is 17.7 Å². The molecule has 13 heavy (non-hydrogen) atoms. The molecule has 4 nitrogen and oxygen atoms in total. The zero-order valence-electron chi connectivity index (χ0n) is 7.40. The Kier molecular flexibility index (Phi) is 1.28. The van der Waals surface area contributed by atoms with Gasteiger partial charge in [-0.3, -0.25) is 0 Å². The standard InChI is InChI=1S/C9H13NO3/c11-8(12)10-6-1-2-7(10)4-9(3-6)5-13-9/h6-7H,1-5H2,(H,11,12)/t6-,7+,9?.